The lowest BCUT2D eigenvalue weighted by Gasteiger charge is -2.05. The summed E-state index contributed by atoms with van der Waals surface area (Å²) in [7, 11) is 0. The molecule has 0 aliphatic heterocycles. The van der Waals surface area contributed by atoms with E-state index in [1.807, 2.05) is 12.1 Å². The minimum Gasteiger partial charge on any atom is -0.256 e. The molecule has 0 aliphatic carbocycles. The molecular formula is C13H12N. The zero-order valence-corrected chi connectivity index (χ0v) is 8.41. The van der Waals surface area contributed by atoms with Crippen LogP contribution in [0.5, 0.6) is 0 Å². The number of hydrogen-bond acceptors (Lipinski definition) is 1. The van der Waals surface area contributed by atoms with E-state index in [-0.39, 0.29) is 0 Å². The van der Waals surface area contributed by atoms with Crippen molar-refractivity contribution in [3.63, 3.8) is 0 Å². The van der Waals surface area contributed by atoms with Crippen LogP contribution >= 0.6 is 0 Å². The highest BCUT2D eigenvalue weighted by atomic mass is 14.7. The molecule has 0 saturated carbocycles. The molecule has 0 N–H and O–H groups in total. The standard InChI is InChI=1S/C13H12N/c1-10-6-7-11(2)12(9-10)13-5-3-4-8-14-13/h4-9H,1-2H3. The van der Waals surface area contributed by atoms with Crippen molar-refractivity contribution < 1.29 is 0 Å². The largest absolute Gasteiger partial charge is 0.256 e. The van der Waals surface area contributed by atoms with Crippen LogP contribution < -0.4 is 0 Å². The first-order valence-electron chi connectivity index (χ1n) is 4.67. The Balaban J connectivity index is 2.57. The zero-order valence-electron chi connectivity index (χ0n) is 8.41. The fourth-order valence-corrected chi connectivity index (χ4v) is 1.48. The molecule has 0 atom stereocenters. The fourth-order valence-electron chi connectivity index (χ4n) is 1.48. The van der Waals surface area contributed by atoms with Crippen molar-refractivity contribution in [3.8, 4) is 11.3 Å². The van der Waals surface area contributed by atoms with Crippen molar-refractivity contribution in [1.82, 2.24) is 4.98 Å². The Bertz CT molecular complexity index is 432. The highest BCUT2D eigenvalue weighted by Crippen LogP contribution is 2.21. The number of aryl methyl sites for hydroxylation is 2. The molecule has 1 aromatic carbocycles. The minimum absolute atomic E-state index is 0.994. The maximum absolute atomic E-state index is 4.32. The Hall–Kier alpha value is -1.63. The van der Waals surface area contributed by atoms with Crippen LogP contribution in [0.3, 0.4) is 0 Å². The second-order valence-corrected chi connectivity index (χ2v) is 3.46. The van der Waals surface area contributed by atoms with E-state index >= 15 is 0 Å². The second-order valence-electron chi connectivity index (χ2n) is 3.46. The summed E-state index contributed by atoms with van der Waals surface area (Å²) in [6.45, 7) is 4.19. The van der Waals surface area contributed by atoms with Gasteiger partial charge in [-0.2, -0.15) is 0 Å². The van der Waals surface area contributed by atoms with Crippen molar-refractivity contribution >= 4 is 0 Å². The van der Waals surface area contributed by atoms with Gasteiger partial charge in [0, 0.05) is 11.8 Å². The molecule has 1 heterocycles. The number of aromatic nitrogens is 1. The molecule has 14 heavy (non-hydrogen) atoms. The van der Waals surface area contributed by atoms with Crippen molar-refractivity contribution in [2.45, 2.75) is 13.8 Å². The summed E-state index contributed by atoms with van der Waals surface area (Å²) in [6, 6.07) is 13.2. The monoisotopic (exact) mass is 182 g/mol. The number of pyridine rings is 1. The van der Waals surface area contributed by atoms with Gasteiger partial charge in [-0.05, 0) is 43.7 Å². The molecule has 0 saturated heterocycles. The molecular weight excluding hydrogens is 170 g/mol. The van der Waals surface area contributed by atoms with E-state index in [1.165, 1.54) is 16.7 Å². The summed E-state index contributed by atoms with van der Waals surface area (Å²) in [5.41, 5.74) is 4.70. The third kappa shape index (κ3) is 1.67. The Labute approximate surface area is 84.4 Å². The molecule has 1 aromatic heterocycles. The van der Waals surface area contributed by atoms with Crippen LogP contribution in [0.4, 0.5) is 0 Å². The lowest BCUT2D eigenvalue weighted by Crippen LogP contribution is -1.87. The highest BCUT2D eigenvalue weighted by molar-refractivity contribution is 5.63. The molecule has 1 radical (unpaired) electrons. The maximum atomic E-state index is 4.32. The van der Waals surface area contributed by atoms with Gasteiger partial charge in [0.05, 0.1) is 5.69 Å². The quantitative estimate of drug-likeness (QED) is 0.660. The third-order valence-electron chi connectivity index (χ3n) is 2.27. The van der Waals surface area contributed by atoms with Gasteiger partial charge in [-0.1, -0.05) is 17.7 Å². The van der Waals surface area contributed by atoms with Crippen molar-refractivity contribution in [2.24, 2.45) is 0 Å². The van der Waals surface area contributed by atoms with E-state index in [0.717, 1.165) is 5.69 Å². The molecule has 0 spiro atoms. The summed E-state index contributed by atoms with van der Waals surface area (Å²) < 4.78 is 0. The van der Waals surface area contributed by atoms with Gasteiger partial charge in [0.15, 0.2) is 0 Å². The highest BCUT2D eigenvalue weighted by Gasteiger charge is 2.01. The molecule has 69 valence electrons. The van der Waals surface area contributed by atoms with E-state index in [0.29, 0.717) is 0 Å². The third-order valence-corrected chi connectivity index (χ3v) is 2.27. The van der Waals surface area contributed by atoms with Gasteiger partial charge >= 0.3 is 0 Å². The van der Waals surface area contributed by atoms with Crippen LogP contribution in [0.2, 0.25) is 0 Å². The molecule has 0 aliphatic rings. The molecule has 0 unspecified atom stereocenters. The average Bonchev–Trinajstić information content (AvgIpc) is 2.23. The Morgan fingerprint density at radius 3 is 2.79 bits per heavy atom. The molecule has 0 amide bonds. The Morgan fingerprint density at radius 2 is 2.07 bits per heavy atom. The van der Waals surface area contributed by atoms with Gasteiger partial charge in [-0.15, -0.1) is 0 Å². The predicted molar refractivity (Wildman–Crippen MR) is 58.0 cm³/mol. The lowest BCUT2D eigenvalue weighted by molar-refractivity contribution is 1.29. The van der Waals surface area contributed by atoms with Crippen molar-refractivity contribution in [3.05, 3.63) is 53.7 Å². The van der Waals surface area contributed by atoms with Gasteiger partial charge in [-0.25, -0.2) is 0 Å². The average molecular weight is 182 g/mol. The maximum Gasteiger partial charge on any atom is 0.0710 e. The molecule has 0 bridgehead atoms. The number of rotatable bonds is 1. The van der Waals surface area contributed by atoms with Crippen LogP contribution in [0.25, 0.3) is 11.3 Å². The van der Waals surface area contributed by atoms with Crippen LogP contribution in [-0.4, -0.2) is 4.98 Å². The summed E-state index contributed by atoms with van der Waals surface area (Å²) >= 11 is 0. The van der Waals surface area contributed by atoms with Gasteiger partial charge in [0.1, 0.15) is 0 Å². The van der Waals surface area contributed by atoms with Gasteiger partial charge in [-0.3, -0.25) is 4.98 Å². The first-order chi connectivity index (χ1) is 6.77. The topological polar surface area (TPSA) is 12.9 Å². The zero-order chi connectivity index (χ0) is 9.97. The van der Waals surface area contributed by atoms with E-state index < -0.39 is 0 Å². The number of nitrogens with zero attached hydrogens (tertiary/aromatic N) is 1. The van der Waals surface area contributed by atoms with E-state index in [2.05, 4.69) is 43.1 Å². The molecule has 2 rings (SSSR count). The summed E-state index contributed by atoms with van der Waals surface area (Å²) in [6.07, 6.45) is 1.77. The van der Waals surface area contributed by atoms with Crippen LogP contribution in [0, 0.1) is 19.9 Å². The first-order valence-corrected chi connectivity index (χ1v) is 4.67. The van der Waals surface area contributed by atoms with Crippen LogP contribution in [0.15, 0.2) is 36.5 Å². The van der Waals surface area contributed by atoms with Crippen molar-refractivity contribution in [2.75, 3.05) is 0 Å². The fraction of sp³-hybridized carbons (Fsp3) is 0.154. The predicted octanol–water partition coefficient (Wildman–Crippen LogP) is 3.17. The van der Waals surface area contributed by atoms with Gasteiger partial charge in [0.2, 0.25) is 0 Å². The Kier molecular flexibility index (Phi) is 2.32. The summed E-state index contributed by atoms with van der Waals surface area (Å²) in [5.74, 6) is 0. The summed E-state index contributed by atoms with van der Waals surface area (Å²) in [5, 5.41) is 0. The lowest BCUT2D eigenvalue weighted by atomic mass is 10.0. The molecule has 1 heteroatoms. The van der Waals surface area contributed by atoms with Gasteiger partial charge < -0.3 is 0 Å². The van der Waals surface area contributed by atoms with Crippen LogP contribution in [0.1, 0.15) is 11.1 Å². The Morgan fingerprint density at radius 1 is 1.21 bits per heavy atom. The van der Waals surface area contributed by atoms with E-state index in [4.69, 9.17) is 0 Å². The molecule has 0 fully saturated rings. The number of hydrogen-bond donors (Lipinski definition) is 0. The number of benzene rings is 1. The molecule has 1 nitrogen and oxygen atoms in total. The normalized spacial score (nSPS) is 10.1. The first kappa shape index (κ1) is 8.95. The smallest absolute Gasteiger partial charge is 0.0710 e. The van der Waals surface area contributed by atoms with E-state index in [9.17, 15) is 0 Å². The van der Waals surface area contributed by atoms with Crippen LogP contribution in [-0.2, 0) is 0 Å². The molecule has 2 aromatic rings. The van der Waals surface area contributed by atoms with Crippen molar-refractivity contribution in [1.29, 1.82) is 0 Å². The van der Waals surface area contributed by atoms with E-state index in [1.54, 1.807) is 6.20 Å². The minimum atomic E-state index is 0.994. The SMILES string of the molecule is Cc1ccc(C)c(-c2c[c]ccn2)c1. The van der Waals surface area contributed by atoms with Gasteiger partial charge in [0.25, 0.3) is 0 Å². The second kappa shape index (κ2) is 3.62. The summed E-state index contributed by atoms with van der Waals surface area (Å²) in [4.78, 5) is 4.32.